The Labute approximate surface area is 110 Å². The maximum Gasteiger partial charge on any atom is 0.326 e. The molecule has 0 aliphatic rings. The average molecular weight is 267 g/mol. The molecule has 0 radical (unpaired) electrons. The van der Waals surface area contributed by atoms with E-state index in [4.69, 9.17) is 5.11 Å². The van der Waals surface area contributed by atoms with Crippen LogP contribution in [-0.4, -0.2) is 23.0 Å². The van der Waals surface area contributed by atoms with Gasteiger partial charge in [-0.15, -0.1) is 0 Å². The molecular formula is C13H17NO5. The molecule has 0 aliphatic carbocycles. The number of carboxylic acids is 1. The zero-order chi connectivity index (χ0) is 14.6. The third kappa shape index (κ3) is 3.49. The van der Waals surface area contributed by atoms with E-state index in [9.17, 15) is 19.2 Å². The third-order valence-corrected chi connectivity index (χ3v) is 3.07. The van der Waals surface area contributed by atoms with Crippen molar-refractivity contribution in [3.63, 3.8) is 0 Å². The zero-order valence-corrected chi connectivity index (χ0v) is 11.0. The van der Waals surface area contributed by atoms with Gasteiger partial charge in [0.2, 0.25) is 16.8 Å². The molecule has 1 aromatic carbocycles. The third-order valence-electron chi connectivity index (χ3n) is 3.07. The SMILES string of the molecule is CCCC(=O)N[C@H](CCc1c(C)c(=O)c1=O)C(=O)O. The molecule has 2 N–H and O–H groups in total. The minimum absolute atomic E-state index is 0.108. The molecule has 0 unspecified atom stereocenters. The van der Waals surface area contributed by atoms with Crippen LogP contribution in [0.5, 0.6) is 0 Å². The summed E-state index contributed by atoms with van der Waals surface area (Å²) in [5, 5.41) is 11.4. The monoisotopic (exact) mass is 267 g/mol. The fourth-order valence-electron chi connectivity index (χ4n) is 1.89. The highest BCUT2D eigenvalue weighted by Gasteiger charge is 2.23. The fraction of sp³-hybridized carbons (Fsp3) is 0.538. The second kappa shape index (κ2) is 6.26. The lowest BCUT2D eigenvalue weighted by Gasteiger charge is -2.15. The number of hydrogen-bond donors (Lipinski definition) is 2. The Balaban J connectivity index is 2.61. The highest BCUT2D eigenvalue weighted by atomic mass is 16.4. The topological polar surface area (TPSA) is 101 Å². The first-order valence-corrected chi connectivity index (χ1v) is 6.19. The summed E-state index contributed by atoms with van der Waals surface area (Å²) in [7, 11) is 0. The standard InChI is InChI=1S/C13H17NO5/c1-3-4-10(15)14-9(13(18)19)6-5-8-7(2)11(16)12(8)17/h9H,3-6H2,1-2H3,(H,14,15)(H,18,19)/t9-/m1/s1. The van der Waals surface area contributed by atoms with Crippen LogP contribution in [0, 0.1) is 6.92 Å². The number of amides is 1. The molecule has 6 nitrogen and oxygen atoms in total. The minimum atomic E-state index is -1.14. The van der Waals surface area contributed by atoms with Gasteiger partial charge in [-0.3, -0.25) is 14.4 Å². The highest BCUT2D eigenvalue weighted by molar-refractivity contribution is 5.83. The van der Waals surface area contributed by atoms with E-state index in [0.717, 1.165) is 0 Å². The van der Waals surface area contributed by atoms with E-state index in [2.05, 4.69) is 5.32 Å². The molecule has 0 fully saturated rings. The predicted octanol–water partition coefficient (Wildman–Crippen LogP) is -0.107. The summed E-state index contributed by atoms with van der Waals surface area (Å²) >= 11 is 0. The van der Waals surface area contributed by atoms with Crippen molar-refractivity contribution in [1.82, 2.24) is 5.32 Å². The molecule has 6 heteroatoms. The van der Waals surface area contributed by atoms with Crippen molar-refractivity contribution in [2.24, 2.45) is 0 Å². The first-order chi connectivity index (χ1) is 8.88. The van der Waals surface area contributed by atoms with E-state index < -0.39 is 22.9 Å². The number of carboxylic acid groups (broad SMARTS) is 1. The van der Waals surface area contributed by atoms with Gasteiger partial charge in [-0.05, 0) is 26.2 Å². The van der Waals surface area contributed by atoms with Gasteiger partial charge in [0.25, 0.3) is 0 Å². The number of carbonyl (C=O) groups is 2. The fourth-order valence-corrected chi connectivity index (χ4v) is 1.89. The van der Waals surface area contributed by atoms with Crippen molar-refractivity contribution in [3.05, 3.63) is 31.6 Å². The van der Waals surface area contributed by atoms with Gasteiger partial charge in [0.15, 0.2) is 0 Å². The van der Waals surface area contributed by atoms with Gasteiger partial charge >= 0.3 is 5.97 Å². The zero-order valence-electron chi connectivity index (χ0n) is 11.0. The van der Waals surface area contributed by atoms with Crippen molar-refractivity contribution >= 4 is 11.9 Å². The lowest BCUT2D eigenvalue weighted by atomic mass is 9.96. The van der Waals surface area contributed by atoms with Gasteiger partial charge in [0, 0.05) is 17.5 Å². The van der Waals surface area contributed by atoms with Crippen LogP contribution in [0.1, 0.15) is 37.3 Å². The largest absolute Gasteiger partial charge is 0.480 e. The van der Waals surface area contributed by atoms with Crippen LogP contribution in [-0.2, 0) is 16.0 Å². The molecule has 1 aromatic rings. The minimum Gasteiger partial charge on any atom is -0.480 e. The van der Waals surface area contributed by atoms with Gasteiger partial charge in [-0.25, -0.2) is 4.79 Å². The molecule has 1 rings (SSSR count). The summed E-state index contributed by atoms with van der Waals surface area (Å²) in [5.74, 6) is -1.46. The van der Waals surface area contributed by atoms with Crippen LogP contribution < -0.4 is 16.2 Å². The molecular weight excluding hydrogens is 250 g/mol. The molecule has 1 amide bonds. The maximum absolute atomic E-state index is 11.4. The van der Waals surface area contributed by atoms with Crippen molar-refractivity contribution in [3.8, 4) is 0 Å². The van der Waals surface area contributed by atoms with Crippen LogP contribution in [0.15, 0.2) is 9.59 Å². The summed E-state index contributed by atoms with van der Waals surface area (Å²) in [4.78, 5) is 44.6. The first-order valence-electron chi connectivity index (χ1n) is 6.19. The summed E-state index contributed by atoms with van der Waals surface area (Å²) < 4.78 is 0. The molecule has 19 heavy (non-hydrogen) atoms. The quantitative estimate of drug-likeness (QED) is 0.671. The van der Waals surface area contributed by atoms with E-state index in [0.29, 0.717) is 17.5 Å². The number of hydrogen-bond acceptors (Lipinski definition) is 4. The molecule has 104 valence electrons. The maximum atomic E-state index is 11.4. The Morgan fingerprint density at radius 2 is 1.89 bits per heavy atom. The Kier molecular flexibility index (Phi) is 4.97. The van der Waals surface area contributed by atoms with Gasteiger partial charge < -0.3 is 10.4 Å². The second-order valence-corrected chi connectivity index (χ2v) is 4.51. The van der Waals surface area contributed by atoms with Gasteiger partial charge in [-0.2, -0.15) is 0 Å². The van der Waals surface area contributed by atoms with Crippen LogP contribution in [0.3, 0.4) is 0 Å². The van der Waals surface area contributed by atoms with Crippen molar-refractivity contribution in [2.75, 3.05) is 0 Å². The molecule has 1 atom stereocenters. The molecule has 0 bridgehead atoms. The van der Waals surface area contributed by atoms with Crippen LogP contribution >= 0.6 is 0 Å². The lowest BCUT2D eigenvalue weighted by molar-refractivity contribution is -0.142. The Morgan fingerprint density at radius 1 is 1.26 bits per heavy atom. The van der Waals surface area contributed by atoms with Crippen molar-refractivity contribution < 1.29 is 14.7 Å². The predicted molar refractivity (Wildman–Crippen MR) is 68.9 cm³/mol. The number of carbonyl (C=O) groups excluding carboxylic acids is 1. The smallest absolute Gasteiger partial charge is 0.326 e. The molecule has 0 aromatic heterocycles. The molecule has 0 heterocycles. The van der Waals surface area contributed by atoms with E-state index in [-0.39, 0.29) is 25.2 Å². The summed E-state index contributed by atoms with van der Waals surface area (Å²) in [6.45, 7) is 3.37. The van der Waals surface area contributed by atoms with E-state index in [1.165, 1.54) is 0 Å². The summed E-state index contributed by atoms with van der Waals surface area (Å²) in [5.41, 5.74) is -0.270. The number of aliphatic carboxylic acids is 1. The second-order valence-electron chi connectivity index (χ2n) is 4.51. The van der Waals surface area contributed by atoms with E-state index in [1.54, 1.807) is 6.92 Å². The highest BCUT2D eigenvalue weighted by Crippen LogP contribution is 2.06. The average Bonchev–Trinajstić information content (AvgIpc) is 2.36. The Morgan fingerprint density at radius 3 is 2.37 bits per heavy atom. The molecule has 0 saturated heterocycles. The van der Waals surface area contributed by atoms with Crippen LogP contribution in [0.25, 0.3) is 0 Å². The summed E-state index contributed by atoms with van der Waals surface area (Å²) in [6, 6.07) is -1.03. The molecule has 0 spiro atoms. The molecule has 0 aliphatic heterocycles. The normalized spacial score (nSPS) is 12.3. The Hall–Kier alpha value is -1.98. The Bertz CT molecular complexity index is 554. The van der Waals surface area contributed by atoms with Crippen molar-refractivity contribution in [1.29, 1.82) is 0 Å². The van der Waals surface area contributed by atoms with Crippen molar-refractivity contribution in [2.45, 2.75) is 45.6 Å². The van der Waals surface area contributed by atoms with Gasteiger partial charge in [0.05, 0.1) is 0 Å². The first kappa shape index (κ1) is 15.1. The van der Waals surface area contributed by atoms with E-state index >= 15 is 0 Å². The number of nitrogens with one attached hydrogen (secondary N) is 1. The lowest BCUT2D eigenvalue weighted by Crippen LogP contribution is -2.43. The van der Waals surface area contributed by atoms with E-state index in [1.807, 2.05) is 6.92 Å². The van der Waals surface area contributed by atoms with Gasteiger partial charge in [-0.1, -0.05) is 6.92 Å². The van der Waals surface area contributed by atoms with Crippen LogP contribution in [0.2, 0.25) is 0 Å². The summed E-state index contributed by atoms with van der Waals surface area (Å²) in [6.07, 6.45) is 1.20. The van der Waals surface area contributed by atoms with Crippen LogP contribution in [0.4, 0.5) is 0 Å². The number of rotatable bonds is 7. The van der Waals surface area contributed by atoms with Gasteiger partial charge in [0.1, 0.15) is 6.04 Å². The molecule has 0 saturated carbocycles.